The standard InChI is InChI=1S/C10H7Cl2NO3/c11-8(9(14)13-12)7(10(15)16)6-4-2-1-3-5-6/h1-5H,(H,13,14)(H,15,16)/b8-7+. The molecule has 0 aliphatic heterocycles. The van der Waals surface area contributed by atoms with Crippen LogP contribution >= 0.6 is 23.4 Å². The Morgan fingerprint density at radius 1 is 1.19 bits per heavy atom. The van der Waals surface area contributed by atoms with Gasteiger partial charge >= 0.3 is 5.97 Å². The number of carbonyl (C=O) groups excluding carboxylic acids is 1. The molecule has 1 aromatic carbocycles. The van der Waals surface area contributed by atoms with E-state index >= 15 is 0 Å². The quantitative estimate of drug-likeness (QED) is 0.645. The van der Waals surface area contributed by atoms with Crippen LogP contribution in [0.3, 0.4) is 0 Å². The highest BCUT2D eigenvalue weighted by atomic mass is 35.5. The Kier molecular flexibility index (Phi) is 4.34. The Hall–Kier alpha value is -1.52. The van der Waals surface area contributed by atoms with Gasteiger partial charge in [0.1, 0.15) is 5.03 Å². The Balaban J connectivity index is 3.30. The van der Waals surface area contributed by atoms with Crippen LogP contribution in [-0.4, -0.2) is 17.0 Å². The summed E-state index contributed by atoms with van der Waals surface area (Å²) in [6.07, 6.45) is 0. The van der Waals surface area contributed by atoms with E-state index in [1.165, 1.54) is 12.1 Å². The molecule has 1 aromatic rings. The predicted molar refractivity (Wildman–Crippen MR) is 60.8 cm³/mol. The van der Waals surface area contributed by atoms with Crippen LogP contribution in [0.2, 0.25) is 0 Å². The summed E-state index contributed by atoms with van der Waals surface area (Å²) in [7, 11) is 0. The number of carbonyl (C=O) groups is 2. The van der Waals surface area contributed by atoms with Crippen molar-refractivity contribution in [2.75, 3.05) is 0 Å². The fourth-order valence-electron chi connectivity index (χ4n) is 1.10. The molecule has 1 rings (SSSR count). The summed E-state index contributed by atoms with van der Waals surface area (Å²) in [6.45, 7) is 0. The number of benzene rings is 1. The number of hydrogen-bond donors (Lipinski definition) is 2. The lowest BCUT2D eigenvalue weighted by Crippen LogP contribution is -2.16. The van der Waals surface area contributed by atoms with Crippen molar-refractivity contribution in [1.29, 1.82) is 0 Å². The zero-order valence-electron chi connectivity index (χ0n) is 7.91. The van der Waals surface area contributed by atoms with E-state index in [1.807, 2.05) is 0 Å². The molecule has 0 atom stereocenters. The topological polar surface area (TPSA) is 66.4 Å². The third-order valence-electron chi connectivity index (χ3n) is 1.78. The smallest absolute Gasteiger partial charge is 0.338 e. The lowest BCUT2D eigenvalue weighted by atomic mass is 10.1. The number of amides is 1. The summed E-state index contributed by atoms with van der Waals surface area (Å²) in [4.78, 5) is 23.9. The lowest BCUT2D eigenvalue weighted by Gasteiger charge is -2.04. The number of rotatable bonds is 3. The van der Waals surface area contributed by atoms with Gasteiger partial charge in [-0.2, -0.15) is 0 Å². The minimum atomic E-state index is -1.29. The molecule has 16 heavy (non-hydrogen) atoms. The normalized spacial score (nSPS) is 11.6. The zero-order valence-corrected chi connectivity index (χ0v) is 9.42. The molecule has 0 fully saturated rings. The molecule has 0 saturated heterocycles. The first-order chi connectivity index (χ1) is 7.57. The Morgan fingerprint density at radius 3 is 2.19 bits per heavy atom. The maximum atomic E-state index is 11.1. The summed E-state index contributed by atoms with van der Waals surface area (Å²) < 4.78 is 0. The molecule has 0 radical (unpaired) electrons. The van der Waals surface area contributed by atoms with Crippen molar-refractivity contribution >= 4 is 40.8 Å². The van der Waals surface area contributed by atoms with Crippen molar-refractivity contribution in [1.82, 2.24) is 4.84 Å². The van der Waals surface area contributed by atoms with E-state index in [0.29, 0.717) is 5.56 Å². The highest BCUT2D eigenvalue weighted by Crippen LogP contribution is 2.21. The molecule has 0 bridgehead atoms. The first-order valence-corrected chi connectivity index (χ1v) is 4.93. The molecule has 0 spiro atoms. The van der Waals surface area contributed by atoms with E-state index in [2.05, 4.69) is 0 Å². The molecule has 1 amide bonds. The predicted octanol–water partition coefficient (Wildman–Crippen LogP) is 1.99. The van der Waals surface area contributed by atoms with Crippen molar-refractivity contribution in [2.24, 2.45) is 0 Å². The first kappa shape index (κ1) is 12.5. The summed E-state index contributed by atoms with van der Waals surface area (Å²) >= 11 is 10.7. The number of carboxylic acid groups (broad SMARTS) is 1. The van der Waals surface area contributed by atoms with Gasteiger partial charge < -0.3 is 5.11 Å². The number of nitrogens with one attached hydrogen (secondary N) is 1. The van der Waals surface area contributed by atoms with E-state index in [9.17, 15) is 9.59 Å². The summed E-state index contributed by atoms with van der Waals surface area (Å²) in [5, 5.41) is 8.51. The van der Waals surface area contributed by atoms with E-state index in [0.717, 1.165) is 0 Å². The maximum absolute atomic E-state index is 11.1. The van der Waals surface area contributed by atoms with E-state index < -0.39 is 16.9 Å². The van der Waals surface area contributed by atoms with Crippen LogP contribution in [0.25, 0.3) is 5.57 Å². The van der Waals surface area contributed by atoms with Crippen molar-refractivity contribution in [3.63, 3.8) is 0 Å². The van der Waals surface area contributed by atoms with Crippen LogP contribution in [-0.2, 0) is 9.59 Å². The number of halogens is 2. The third-order valence-corrected chi connectivity index (χ3v) is 2.31. The van der Waals surface area contributed by atoms with Gasteiger partial charge in [-0.15, -0.1) is 0 Å². The fraction of sp³-hybridized carbons (Fsp3) is 0. The molecule has 0 heterocycles. The summed E-state index contributed by atoms with van der Waals surface area (Å²) in [5.41, 5.74) is 0.0423. The van der Waals surface area contributed by atoms with Crippen LogP contribution in [0, 0.1) is 0 Å². The molecule has 0 aliphatic carbocycles. The maximum Gasteiger partial charge on any atom is 0.338 e. The zero-order chi connectivity index (χ0) is 12.1. The molecule has 0 aliphatic rings. The molecular formula is C10H7Cl2NO3. The van der Waals surface area contributed by atoms with Crippen LogP contribution in [0.1, 0.15) is 5.56 Å². The second-order valence-electron chi connectivity index (χ2n) is 2.78. The SMILES string of the molecule is O=C(NCl)/C(Cl)=C(\C(=O)O)c1ccccc1. The third kappa shape index (κ3) is 2.74. The molecule has 6 heteroatoms. The Labute approximate surface area is 102 Å². The number of aliphatic carboxylic acids is 1. The van der Waals surface area contributed by atoms with Gasteiger partial charge in [0.15, 0.2) is 0 Å². The minimum Gasteiger partial charge on any atom is -0.478 e. The average Bonchev–Trinajstić information content (AvgIpc) is 2.29. The fourth-order valence-corrected chi connectivity index (χ4v) is 1.48. The number of carboxylic acids is 1. The monoisotopic (exact) mass is 259 g/mol. The first-order valence-electron chi connectivity index (χ1n) is 4.17. The highest BCUT2D eigenvalue weighted by Gasteiger charge is 2.20. The van der Waals surface area contributed by atoms with Gasteiger partial charge in [0.2, 0.25) is 0 Å². The van der Waals surface area contributed by atoms with Gasteiger partial charge in [-0.05, 0) is 5.56 Å². The molecule has 84 valence electrons. The van der Waals surface area contributed by atoms with E-state index in [1.54, 1.807) is 23.0 Å². The highest BCUT2D eigenvalue weighted by molar-refractivity contribution is 6.51. The van der Waals surface area contributed by atoms with Gasteiger partial charge in [0, 0.05) is 11.8 Å². The van der Waals surface area contributed by atoms with Gasteiger partial charge in [-0.1, -0.05) is 41.9 Å². The minimum absolute atomic E-state index is 0.291. The average molecular weight is 260 g/mol. The van der Waals surface area contributed by atoms with E-state index in [4.69, 9.17) is 28.5 Å². The number of hydrogen-bond acceptors (Lipinski definition) is 2. The molecule has 0 aromatic heterocycles. The van der Waals surface area contributed by atoms with Crippen molar-refractivity contribution in [3.8, 4) is 0 Å². The largest absolute Gasteiger partial charge is 0.478 e. The molecule has 0 saturated carbocycles. The molecule has 2 N–H and O–H groups in total. The van der Waals surface area contributed by atoms with Crippen molar-refractivity contribution < 1.29 is 14.7 Å². The van der Waals surface area contributed by atoms with Gasteiger partial charge in [0.25, 0.3) is 5.91 Å². The van der Waals surface area contributed by atoms with Gasteiger partial charge in [-0.25, -0.2) is 4.79 Å². The van der Waals surface area contributed by atoms with Crippen LogP contribution in [0.15, 0.2) is 35.4 Å². The second kappa shape index (κ2) is 5.53. The van der Waals surface area contributed by atoms with Gasteiger partial charge in [-0.3, -0.25) is 9.63 Å². The van der Waals surface area contributed by atoms with Gasteiger partial charge in [0.05, 0.1) is 5.57 Å². The molecular weight excluding hydrogens is 253 g/mol. The van der Waals surface area contributed by atoms with Crippen LogP contribution < -0.4 is 4.84 Å². The van der Waals surface area contributed by atoms with Crippen LogP contribution in [0.5, 0.6) is 0 Å². The van der Waals surface area contributed by atoms with Crippen LogP contribution in [0.4, 0.5) is 0 Å². The Morgan fingerprint density at radius 2 is 1.75 bits per heavy atom. The van der Waals surface area contributed by atoms with E-state index in [-0.39, 0.29) is 5.57 Å². The summed E-state index contributed by atoms with van der Waals surface area (Å²) in [5.74, 6) is -2.15. The Bertz CT molecular complexity index is 443. The molecule has 4 nitrogen and oxygen atoms in total. The lowest BCUT2D eigenvalue weighted by molar-refractivity contribution is -0.130. The molecule has 0 unspecified atom stereocenters. The second-order valence-corrected chi connectivity index (χ2v) is 3.35. The summed E-state index contributed by atoms with van der Waals surface area (Å²) in [6, 6.07) is 8.07. The van der Waals surface area contributed by atoms with Crippen molar-refractivity contribution in [3.05, 3.63) is 40.9 Å². The van der Waals surface area contributed by atoms with Crippen molar-refractivity contribution in [2.45, 2.75) is 0 Å².